The predicted octanol–water partition coefficient (Wildman–Crippen LogP) is 1.99. The van der Waals surface area contributed by atoms with E-state index in [-0.39, 0.29) is 29.4 Å². The SMILES string of the molecule is Nc1ncc(-c2cccc(C(=O)N[C@@H]3c4ccccc4C[C@@H]3O)c2)nc1C(=O)NC1CCCNCC1. The van der Waals surface area contributed by atoms with Gasteiger partial charge >= 0.3 is 0 Å². The van der Waals surface area contributed by atoms with E-state index < -0.39 is 12.1 Å². The van der Waals surface area contributed by atoms with E-state index in [1.165, 1.54) is 6.20 Å². The van der Waals surface area contributed by atoms with Gasteiger partial charge in [-0.2, -0.15) is 0 Å². The van der Waals surface area contributed by atoms with E-state index in [1.807, 2.05) is 24.3 Å². The van der Waals surface area contributed by atoms with E-state index in [4.69, 9.17) is 5.73 Å². The van der Waals surface area contributed by atoms with Crippen LogP contribution in [0.2, 0.25) is 0 Å². The van der Waals surface area contributed by atoms with Crippen molar-refractivity contribution in [3.05, 3.63) is 77.1 Å². The lowest BCUT2D eigenvalue weighted by Gasteiger charge is -2.18. The Hall–Kier alpha value is -3.82. The minimum absolute atomic E-state index is 0.0560. The summed E-state index contributed by atoms with van der Waals surface area (Å²) in [6.45, 7) is 1.80. The van der Waals surface area contributed by atoms with Gasteiger partial charge in [0, 0.05) is 23.6 Å². The number of aliphatic hydroxyl groups is 1. The van der Waals surface area contributed by atoms with Crippen LogP contribution in [0.25, 0.3) is 11.3 Å². The summed E-state index contributed by atoms with van der Waals surface area (Å²) in [5.41, 5.74) is 9.52. The molecule has 2 heterocycles. The maximum atomic E-state index is 13.1. The van der Waals surface area contributed by atoms with Crippen LogP contribution in [-0.4, -0.2) is 52.1 Å². The van der Waals surface area contributed by atoms with Crippen molar-refractivity contribution < 1.29 is 14.7 Å². The molecule has 1 aliphatic carbocycles. The highest BCUT2D eigenvalue weighted by Gasteiger charge is 2.32. The number of nitrogens with zero attached hydrogens (tertiary/aromatic N) is 2. The molecule has 5 rings (SSSR count). The first-order valence-corrected chi connectivity index (χ1v) is 12.3. The monoisotopic (exact) mass is 486 g/mol. The average molecular weight is 487 g/mol. The normalized spacial score (nSPS) is 21.3. The number of rotatable bonds is 5. The number of amides is 2. The van der Waals surface area contributed by atoms with E-state index in [9.17, 15) is 14.7 Å². The first-order chi connectivity index (χ1) is 17.5. The maximum Gasteiger partial charge on any atom is 0.273 e. The molecule has 36 heavy (non-hydrogen) atoms. The summed E-state index contributed by atoms with van der Waals surface area (Å²) in [7, 11) is 0. The van der Waals surface area contributed by atoms with Crippen molar-refractivity contribution in [2.75, 3.05) is 18.8 Å². The number of benzene rings is 2. The van der Waals surface area contributed by atoms with Gasteiger partial charge in [-0.3, -0.25) is 9.59 Å². The lowest BCUT2D eigenvalue weighted by atomic mass is 10.1. The van der Waals surface area contributed by atoms with Crippen molar-refractivity contribution in [3.63, 3.8) is 0 Å². The Balaban J connectivity index is 1.34. The zero-order valence-electron chi connectivity index (χ0n) is 19.9. The molecule has 0 saturated carbocycles. The lowest BCUT2D eigenvalue weighted by molar-refractivity contribution is 0.0857. The molecule has 1 saturated heterocycles. The van der Waals surface area contributed by atoms with Gasteiger partial charge in [0.05, 0.1) is 24.0 Å². The molecule has 0 bridgehead atoms. The van der Waals surface area contributed by atoms with Crippen LogP contribution in [0.5, 0.6) is 0 Å². The number of carbonyl (C=O) groups is 2. The van der Waals surface area contributed by atoms with Crippen LogP contribution in [0.4, 0.5) is 5.82 Å². The maximum absolute atomic E-state index is 13.1. The second kappa shape index (κ2) is 10.4. The second-order valence-electron chi connectivity index (χ2n) is 9.34. The number of fused-ring (bicyclic) bond motifs is 1. The Kier molecular flexibility index (Phi) is 6.92. The molecule has 1 aliphatic heterocycles. The minimum atomic E-state index is -0.678. The fourth-order valence-electron chi connectivity index (χ4n) is 4.91. The molecule has 2 aromatic carbocycles. The van der Waals surface area contributed by atoms with Gasteiger partial charge in [-0.1, -0.05) is 36.4 Å². The Bertz CT molecular complexity index is 1270. The highest BCUT2D eigenvalue weighted by molar-refractivity contribution is 5.97. The molecule has 6 N–H and O–H groups in total. The summed E-state index contributed by atoms with van der Waals surface area (Å²) in [5, 5.41) is 19.8. The van der Waals surface area contributed by atoms with Crippen molar-refractivity contribution in [1.29, 1.82) is 0 Å². The van der Waals surface area contributed by atoms with Gasteiger partial charge in [0.1, 0.15) is 0 Å². The number of carbonyl (C=O) groups excluding carboxylic acids is 2. The summed E-state index contributed by atoms with van der Waals surface area (Å²) in [6, 6.07) is 14.2. The number of nitrogen functional groups attached to an aromatic ring is 1. The van der Waals surface area contributed by atoms with E-state index in [2.05, 4.69) is 25.9 Å². The molecule has 0 spiro atoms. The average Bonchev–Trinajstić information content (AvgIpc) is 3.03. The standard InChI is InChI=1S/C27H30N6O3/c28-25-24(27(36)31-19-8-4-11-29-12-10-19)32-21(15-30-25)17-6-3-7-18(13-17)26(35)33-23-20-9-2-1-5-16(20)14-22(23)34/h1-3,5-7,9,13,15,19,22-23,29,34H,4,8,10-12,14H2,(H2,28,30)(H,31,36)(H,33,35)/t19?,22-,23+/m0/s1. The van der Waals surface area contributed by atoms with Crippen LogP contribution in [0, 0.1) is 0 Å². The molecule has 0 radical (unpaired) electrons. The fourth-order valence-corrected chi connectivity index (χ4v) is 4.91. The predicted molar refractivity (Wildman–Crippen MR) is 136 cm³/mol. The van der Waals surface area contributed by atoms with Gasteiger partial charge in [0.2, 0.25) is 0 Å². The van der Waals surface area contributed by atoms with Gasteiger partial charge in [-0.05, 0) is 55.6 Å². The zero-order chi connectivity index (χ0) is 25.1. The number of aliphatic hydroxyl groups excluding tert-OH is 1. The zero-order valence-corrected chi connectivity index (χ0v) is 19.9. The highest BCUT2D eigenvalue weighted by atomic mass is 16.3. The molecular formula is C27H30N6O3. The molecule has 186 valence electrons. The van der Waals surface area contributed by atoms with Crippen molar-refractivity contribution in [3.8, 4) is 11.3 Å². The minimum Gasteiger partial charge on any atom is -0.390 e. The molecule has 9 heteroatoms. The van der Waals surface area contributed by atoms with Crippen molar-refractivity contribution in [2.45, 2.75) is 43.9 Å². The van der Waals surface area contributed by atoms with Gasteiger partial charge < -0.3 is 26.8 Å². The third-order valence-corrected chi connectivity index (χ3v) is 6.84. The lowest BCUT2D eigenvalue weighted by Crippen LogP contribution is -2.36. The Morgan fingerprint density at radius 3 is 2.78 bits per heavy atom. The van der Waals surface area contributed by atoms with Crippen LogP contribution in [0.1, 0.15) is 57.3 Å². The number of hydrogen-bond acceptors (Lipinski definition) is 7. The second-order valence-corrected chi connectivity index (χ2v) is 9.34. The molecule has 1 aromatic heterocycles. The fraction of sp³-hybridized carbons (Fsp3) is 0.333. The summed E-state index contributed by atoms with van der Waals surface area (Å²) in [6.07, 6.45) is 4.05. The molecule has 2 aliphatic rings. The van der Waals surface area contributed by atoms with E-state index >= 15 is 0 Å². The van der Waals surface area contributed by atoms with Gasteiger partial charge in [-0.15, -0.1) is 0 Å². The number of nitrogens with two attached hydrogens (primary N) is 1. The van der Waals surface area contributed by atoms with Crippen molar-refractivity contribution >= 4 is 17.6 Å². The number of hydrogen-bond donors (Lipinski definition) is 5. The number of nitrogens with one attached hydrogen (secondary N) is 3. The Morgan fingerprint density at radius 1 is 1.03 bits per heavy atom. The molecule has 1 fully saturated rings. The molecule has 1 unspecified atom stereocenters. The molecule has 3 atom stereocenters. The molecule has 9 nitrogen and oxygen atoms in total. The van der Waals surface area contributed by atoms with Gasteiger partial charge in [0.15, 0.2) is 11.5 Å². The number of anilines is 1. The first kappa shape index (κ1) is 23.9. The molecule has 3 aromatic rings. The van der Waals surface area contributed by atoms with Gasteiger partial charge in [-0.25, -0.2) is 9.97 Å². The van der Waals surface area contributed by atoms with E-state index in [0.29, 0.717) is 23.2 Å². The van der Waals surface area contributed by atoms with E-state index in [1.54, 1.807) is 24.3 Å². The van der Waals surface area contributed by atoms with Crippen LogP contribution in [0.15, 0.2) is 54.7 Å². The Morgan fingerprint density at radius 2 is 1.89 bits per heavy atom. The summed E-state index contributed by atoms with van der Waals surface area (Å²) in [5.74, 6) is -0.594. The van der Waals surface area contributed by atoms with Gasteiger partial charge in [0.25, 0.3) is 11.8 Å². The smallest absolute Gasteiger partial charge is 0.273 e. The number of aromatic nitrogens is 2. The summed E-state index contributed by atoms with van der Waals surface area (Å²) >= 11 is 0. The highest BCUT2D eigenvalue weighted by Crippen LogP contribution is 2.31. The largest absolute Gasteiger partial charge is 0.390 e. The van der Waals surface area contributed by atoms with E-state index in [0.717, 1.165) is 43.5 Å². The third-order valence-electron chi connectivity index (χ3n) is 6.84. The molecular weight excluding hydrogens is 456 g/mol. The van der Waals surface area contributed by atoms with Crippen LogP contribution >= 0.6 is 0 Å². The topological polar surface area (TPSA) is 142 Å². The van der Waals surface area contributed by atoms with Crippen molar-refractivity contribution in [2.24, 2.45) is 0 Å². The quantitative estimate of drug-likeness (QED) is 0.371. The van der Waals surface area contributed by atoms with Crippen LogP contribution in [0.3, 0.4) is 0 Å². The molecule has 2 amide bonds. The van der Waals surface area contributed by atoms with Crippen LogP contribution in [-0.2, 0) is 6.42 Å². The summed E-state index contributed by atoms with van der Waals surface area (Å²) < 4.78 is 0. The Labute approximate surface area is 209 Å². The van der Waals surface area contributed by atoms with Crippen molar-refractivity contribution in [1.82, 2.24) is 25.9 Å². The van der Waals surface area contributed by atoms with Crippen LogP contribution < -0.4 is 21.7 Å². The third kappa shape index (κ3) is 5.07. The first-order valence-electron chi connectivity index (χ1n) is 12.3. The summed E-state index contributed by atoms with van der Waals surface area (Å²) in [4.78, 5) is 34.7.